The summed E-state index contributed by atoms with van der Waals surface area (Å²) in [6, 6.07) is 20.7. The van der Waals surface area contributed by atoms with Crippen LogP contribution in [0.4, 0.5) is 0 Å². The molecule has 8 heteroatoms. The molecule has 0 amide bonds. The number of benzene rings is 2. The summed E-state index contributed by atoms with van der Waals surface area (Å²) >= 11 is 0. The van der Waals surface area contributed by atoms with Crippen LogP contribution in [0.25, 0.3) is 12.2 Å². The Morgan fingerprint density at radius 1 is 0.838 bits per heavy atom. The Hall–Kier alpha value is -4.43. The highest BCUT2D eigenvalue weighted by Crippen LogP contribution is 2.14. The summed E-state index contributed by atoms with van der Waals surface area (Å²) in [5.41, 5.74) is 1.48. The third kappa shape index (κ3) is 7.78. The highest BCUT2D eigenvalue weighted by molar-refractivity contribution is 5.51. The van der Waals surface area contributed by atoms with Gasteiger partial charge in [-0.2, -0.15) is 0 Å². The average molecular weight is 499 g/mol. The Bertz CT molecular complexity index is 1540. The van der Waals surface area contributed by atoms with Crippen LogP contribution in [-0.4, -0.2) is 47.1 Å². The zero-order valence-corrected chi connectivity index (χ0v) is 20.9. The van der Waals surface area contributed by atoms with Crippen molar-refractivity contribution in [2.24, 2.45) is 0 Å². The van der Waals surface area contributed by atoms with E-state index in [9.17, 15) is 9.59 Å². The quantitative estimate of drug-likeness (QED) is 0.325. The van der Waals surface area contributed by atoms with Gasteiger partial charge in [-0.1, -0.05) is 42.5 Å². The number of aromatic amines is 2. The van der Waals surface area contributed by atoms with Crippen LogP contribution in [-0.2, 0) is 6.61 Å². The summed E-state index contributed by atoms with van der Waals surface area (Å²) in [6.07, 6.45) is 5.63. The van der Waals surface area contributed by atoms with Gasteiger partial charge in [0.05, 0.1) is 18.5 Å². The van der Waals surface area contributed by atoms with Gasteiger partial charge in [-0.05, 0) is 68.1 Å². The van der Waals surface area contributed by atoms with Gasteiger partial charge in [-0.15, -0.1) is 0 Å². The fourth-order valence-electron chi connectivity index (χ4n) is 3.58. The van der Waals surface area contributed by atoms with E-state index >= 15 is 0 Å². The minimum absolute atomic E-state index is 0.116. The van der Waals surface area contributed by atoms with E-state index in [1.807, 2.05) is 68.7 Å². The van der Waals surface area contributed by atoms with Crippen LogP contribution >= 0.6 is 0 Å². The van der Waals surface area contributed by atoms with Gasteiger partial charge in [0, 0.05) is 6.54 Å². The lowest BCUT2D eigenvalue weighted by Crippen LogP contribution is -2.46. The number of nitrogens with zero attached hydrogens (tertiary/aromatic N) is 2. The lowest BCUT2D eigenvalue weighted by Gasteiger charge is -2.10. The zero-order chi connectivity index (χ0) is 26.0. The van der Waals surface area contributed by atoms with Gasteiger partial charge < -0.3 is 24.3 Å². The number of H-pyrrole nitrogens is 2. The van der Waals surface area contributed by atoms with Crippen molar-refractivity contribution in [3.05, 3.63) is 121 Å². The molecule has 0 bridgehead atoms. The number of rotatable bonds is 10. The van der Waals surface area contributed by atoms with Crippen LogP contribution in [0.3, 0.4) is 0 Å². The molecular weight excluding hydrogens is 468 g/mol. The molecule has 37 heavy (non-hydrogen) atoms. The number of pyridine rings is 1. The number of ether oxygens (including phenoxy) is 2. The van der Waals surface area contributed by atoms with Crippen molar-refractivity contribution in [2.75, 3.05) is 27.2 Å². The third-order valence-electron chi connectivity index (χ3n) is 5.47. The van der Waals surface area contributed by atoms with Gasteiger partial charge in [0.25, 0.3) is 11.1 Å². The summed E-state index contributed by atoms with van der Waals surface area (Å²) in [7, 11) is 4.04. The molecule has 0 unspecified atom stereocenters. The fraction of sp³-hybridized carbons (Fsp3) is 0.207. The highest BCUT2D eigenvalue weighted by Gasteiger charge is 2.01. The van der Waals surface area contributed by atoms with Crippen molar-refractivity contribution in [1.29, 1.82) is 0 Å². The van der Waals surface area contributed by atoms with Crippen molar-refractivity contribution in [2.45, 2.75) is 13.0 Å². The van der Waals surface area contributed by atoms with Gasteiger partial charge in [0.15, 0.2) is 0 Å². The minimum atomic E-state index is -0.423. The molecule has 0 fully saturated rings. The summed E-state index contributed by atoms with van der Waals surface area (Å²) in [4.78, 5) is 37.0. The molecule has 0 aliphatic carbocycles. The van der Waals surface area contributed by atoms with Gasteiger partial charge in [0.2, 0.25) is 0 Å². The Morgan fingerprint density at radius 2 is 1.59 bits per heavy atom. The first kappa shape index (κ1) is 25.7. The van der Waals surface area contributed by atoms with Crippen LogP contribution in [0, 0.1) is 0 Å². The summed E-state index contributed by atoms with van der Waals surface area (Å²) in [6.45, 7) is 1.97. The molecule has 0 radical (unpaired) electrons. The molecule has 2 aromatic heterocycles. The molecule has 0 aliphatic rings. The second kappa shape index (κ2) is 12.5. The molecule has 4 rings (SSSR count). The maximum absolute atomic E-state index is 12.7. The van der Waals surface area contributed by atoms with E-state index < -0.39 is 11.1 Å². The van der Waals surface area contributed by atoms with Crippen LogP contribution in [0.2, 0.25) is 0 Å². The van der Waals surface area contributed by atoms with Crippen LogP contribution in [0.15, 0.2) is 82.5 Å². The van der Waals surface area contributed by atoms with Crippen LogP contribution in [0.5, 0.6) is 11.5 Å². The summed E-state index contributed by atoms with van der Waals surface area (Å²) in [5, 5.41) is 0.273. The molecule has 2 heterocycles. The third-order valence-corrected chi connectivity index (χ3v) is 5.47. The maximum Gasteiger partial charge on any atom is 0.272 e. The molecule has 0 spiro atoms. The van der Waals surface area contributed by atoms with Crippen molar-refractivity contribution in [3.8, 4) is 11.5 Å². The van der Waals surface area contributed by atoms with Crippen molar-refractivity contribution >= 4 is 12.2 Å². The van der Waals surface area contributed by atoms with Gasteiger partial charge in [-0.3, -0.25) is 14.6 Å². The van der Waals surface area contributed by atoms with E-state index in [1.165, 1.54) is 6.08 Å². The number of nitrogens with one attached hydrogen (secondary N) is 2. The monoisotopic (exact) mass is 498 g/mol. The fourth-order valence-corrected chi connectivity index (χ4v) is 3.58. The molecule has 2 aromatic carbocycles. The number of hydrogen-bond acceptors (Lipinski definition) is 6. The molecule has 0 aliphatic heterocycles. The van der Waals surface area contributed by atoms with E-state index in [0.717, 1.165) is 24.1 Å². The normalized spacial score (nSPS) is 12.2. The number of hydrogen-bond donors (Lipinski definition) is 2. The van der Waals surface area contributed by atoms with Crippen LogP contribution < -0.4 is 31.3 Å². The first-order chi connectivity index (χ1) is 18.0. The van der Waals surface area contributed by atoms with Crippen LogP contribution in [0.1, 0.15) is 23.2 Å². The molecular formula is C29H30N4O4. The predicted octanol–water partition coefficient (Wildman–Crippen LogP) is 2.03. The largest absolute Gasteiger partial charge is 0.494 e. The Kier molecular flexibility index (Phi) is 8.67. The van der Waals surface area contributed by atoms with Crippen molar-refractivity contribution in [3.63, 3.8) is 0 Å². The van der Waals surface area contributed by atoms with Gasteiger partial charge in [-0.25, -0.2) is 0 Å². The van der Waals surface area contributed by atoms with Gasteiger partial charge >= 0.3 is 0 Å². The standard InChI is InChI=1S/C29H30N4O4/c1-33(2)14-7-15-36-24-11-6-10-22(16-24)17-26-28(34)32-27(29(35)31-26)18-23-12-13-25(19-30-23)37-20-21-8-4-3-5-9-21/h3-6,8-13,16-19H,7,14-15,20H2,1-2H3,(H,31,35)(H,32,34)/b26-17-,27-18+. The summed E-state index contributed by atoms with van der Waals surface area (Å²) in [5.74, 6) is 1.32. The molecule has 0 atom stereocenters. The maximum atomic E-state index is 12.7. The van der Waals surface area contributed by atoms with E-state index in [-0.39, 0.29) is 10.7 Å². The average Bonchev–Trinajstić information content (AvgIpc) is 2.90. The highest BCUT2D eigenvalue weighted by atomic mass is 16.5. The Labute approximate surface area is 214 Å². The molecule has 2 N–H and O–H groups in total. The SMILES string of the molecule is CN(C)CCCOc1cccc(/C=c2\[nH]c(=O)/c(=C\c3ccc(OCc4ccccc4)cn3)[nH]c2=O)c1. The van der Waals surface area contributed by atoms with Gasteiger partial charge in [0.1, 0.15) is 28.8 Å². The Morgan fingerprint density at radius 3 is 2.30 bits per heavy atom. The first-order valence-electron chi connectivity index (χ1n) is 12.0. The van der Waals surface area contributed by atoms with E-state index in [1.54, 1.807) is 24.4 Å². The lowest BCUT2D eigenvalue weighted by molar-refractivity contribution is 0.281. The van der Waals surface area contributed by atoms with Crippen molar-refractivity contribution in [1.82, 2.24) is 19.9 Å². The minimum Gasteiger partial charge on any atom is -0.494 e. The lowest BCUT2D eigenvalue weighted by atomic mass is 10.2. The first-order valence-corrected chi connectivity index (χ1v) is 12.0. The zero-order valence-electron chi connectivity index (χ0n) is 20.9. The number of aromatic nitrogens is 3. The summed E-state index contributed by atoms with van der Waals surface area (Å²) < 4.78 is 11.5. The predicted molar refractivity (Wildman–Crippen MR) is 144 cm³/mol. The second-order valence-electron chi connectivity index (χ2n) is 8.80. The molecule has 8 nitrogen and oxygen atoms in total. The van der Waals surface area contributed by atoms with E-state index in [4.69, 9.17) is 9.47 Å². The smallest absolute Gasteiger partial charge is 0.272 e. The molecule has 0 saturated heterocycles. The molecule has 4 aromatic rings. The Balaban J connectivity index is 1.47. The van der Waals surface area contributed by atoms with E-state index in [0.29, 0.717) is 30.4 Å². The van der Waals surface area contributed by atoms with Crippen molar-refractivity contribution < 1.29 is 9.47 Å². The molecule has 190 valence electrons. The van der Waals surface area contributed by atoms with E-state index in [2.05, 4.69) is 19.9 Å². The second-order valence-corrected chi connectivity index (χ2v) is 8.80. The molecule has 0 saturated carbocycles. The topological polar surface area (TPSA) is 100 Å².